The molecule has 0 spiro atoms. The lowest BCUT2D eigenvalue weighted by molar-refractivity contribution is 0.347. The maximum absolute atomic E-state index is 5.22. The predicted octanol–water partition coefficient (Wildman–Crippen LogP) is 2.23. The molecular weight excluding hydrogens is 190 g/mol. The Labute approximate surface area is 90.4 Å². The van der Waals surface area contributed by atoms with Crippen molar-refractivity contribution in [2.75, 3.05) is 6.54 Å². The van der Waals surface area contributed by atoms with Crippen molar-refractivity contribution in [3.8, 4) is 0 Å². The van der Waals surface area contributed by atoms with E-state index in [4.69, 9.17) is 4.52 Å². The van der Waals surface area contributed by atoms with E-state index in [0.29, 0.717) is 6.04 Å². The Morgan fingerprint density at radius 2 is 2.40 bits per heavy atom. The number of nitrogens with zero attached hydrogens (tertiary/aromatic N) is 2. The van der Waals surface area contributed by atoms with Crippen LogP contribution in [0, 0.1) is 0 Å². The van der Waals surface area contributed by atoms with Gasteiger partial charge in [0.2, 0.25) is 5.89 Å². The molecule has 1 unspecified atom stereocenters. The van der Waals surface area contributed by atoms with Crippen molar-refractivity contribution in [2.45, 2.75) is 51.5 Å². The van der Waals surface area contributed by atoms with Crippen LogP contribution in [0.5, 0.6) is 0 Å². The Bertz CT molecular complexity index is 292. The molecule has 1 aromatic rings. The molecule has 1 aliphatic heterocycles. The molecule has 2 heterocycles. The summed E-state index contributed by atoms with van der Waals surface area (Å²) in [6, 6.07) is 0.317. The molecule has 1 aliphatic rings. The number of nitrogens with one attached hydrogen (secondary N) is 1. The molecule has 0 radical (unpaired) electrons. The zero-order chi connectivity index (χ0) is 10.5. The second-order valence-corrected chi connectivity index (χ2v) is 4.15. The van der Waals surface area contributed by atoms with Crippen LogP contribution in [-0.4, -0.2) is 16.7 Å². The van der Waals surface area contributed by atoms with Gasteiger partial charge in [-0.15, -0.1) is 0 Å². The van der Waals surface area contributed by atoms with E-state index in [1.165, 1.54) is 19.3 Å². The lowest BCUT2D eigenvalue weighted by Gasteiger charge is -2.19. The van der Waals surface area contributed by atoms with Crippen LogP contribution in [0.3, 0.4) is 0 Å². The fraction of sp³-hybridized carbons (Fsp3) is 0.818. The maximum atomic E-state index is 5.22. The first kappa shape index (κ1) is 10.6. The molecule has 1 aromatic heterocycles. The molecule has 15 heavy (non-hydrogen) atoms. The Hall–Kier alpha value is -0.900. The average Bonchev–Trinajstić information content (AvgIpc) is 2.76. The summed E-state index contributed by atoms with van der Waals surface area (Å²) in [5, 5.41) is 7.46. The molecule has 0 aromatic carbocycles. The number of hydrogen-bond donors (Lipinski definition) is 1. The van der Waals surface area contributed by atoms with Gasteiger partial charge in [0.05, 0.1) is 6.04 Å². The molecule has 0 aliphatic carbocycles. The fourth-order valence-corrected chi connectivity index (χ4v) is 1.91. The second-order valence-electron chi connectivity index (χ2n) is 4.15. The van der Waals surface area contributed by atoms with E-state index in [1.54, 1.807) is 0 Å². The average molecular weight is 209 g/mol. The Morgan fingerprint density at radius 3 is 3.13 bits per heavy atom. The third-order valence-electron chi connectivity index (χ3n) is 2.85. The normalized spacial score (nSPS) is 21.8. The number of aryl methyl sites for hydroxylation is 1. The van der Waals surface area contributed by atoms with Crippen LogP contribution in [0.2, 0.25) is 0 Å². The molecule has 2 rings (SSSR count). The Morgan fingerprint density at radius 1 is 1.47 bits per heavy atom. The molecule has 0 bridgehead atoms. The molecule has 1 saturated heterocycles. The smallest absolute Gasteiger partial charge is 0.226 e. The topological polar surface area (TPSA) is 51.0 Å². The molecule has 84 valence electrons. The number of piperidine rings is 1. The summed E-state index contributed by atoms with van der Waals surface area (Å²) in [4.78, 5) is 4.43. The Kier molecular flexibility index (Phi) is 3.72. The van der Waals surface area contributed by atoms with Gasteiger partial charge in [-0.3, -0.25) is 0 Å². The van der Waals surface area contributed by atoms with Crippen LogP contribution in [0.1, 0.15) is 56.8 Å². The molecule has 4 nitrogen and oxygen atoms in total. The van der Waals surface area contributed by atoms with Gasteiger partial charge in [0.15, 0.2) is 5.82 Å². The molecule has 4 heteroatoms. The predicted molar refractivity (Wildman–Crippen MR) is 57.5 cm³/mol. The van der Waals surface area contributed by atoms with Gasteiger partial charge in [-0.05, 0) is 25.8 Å². The van der Waals surface area contributed by atoms with Crippen LogP contribution in [0.15, 0.2) is 4.52 Å². The minimum Gasteiger partial charge on any atom is -0.339 e. The first-order valence-corrected chi connectivity index (χ1v) is 5.96. The summed E-state index contributed by atoms with van der Waals surface area (Å²) in [5.74, 6) is 1.64. The van der Waals surface area contributed by atoms with Gasteiger partial charge in [0, 0.05) is 6.42 Å². The van der Waals surface area contributed by atoms with Crippen LogP contribution < -0.4 is 5.32 Å². The summed E-state index contributed by atoms with van der Waals surface area (Å²) in [5.41, 5.74) is 0. The molecule has 0 saturated carbocycles. The van der Waals surface area contributed by atoms with Crippen molar-refractivity contribution in [2.24, 2.45) is 0 Å². The summed E-state index contributed by atoms with van der Waals surface area (Å²) >= 11 is 0. The first-order valence-electron chi connectivity index (χ1n) is 5.96. The van der Waals surface area contributed by atoms with Gasteiger partial charge >= 0.3 is 0 Å². The zero-order valence-electron chi connectivity index (χ0n) is 9.33. The summed E-state index contributed by atoms with van der Waals surface area (Å²) < 4.78 is 5.22. The summed E-state index contributed by atoms with van der Waals surface area (Å²) in [6.45, 7) is 3.24. The van der Waals surface area contributed by atoms with E-state index in [1.807, 2.05) is 0 Å². The van der Waals surface area contributed by atoms with Crippen molar-refractivity contribution < 1.29 is 4.52 Å². The molecule has 0 amide bonds. The Balaban J connectivity index is 1.93. The quantitative estimate of drug-likeness (QED) is 0.826. The van der Waals surface area contributed by atoms with E-state index in [9.17, 15) is 0 Å². The standard InChI is InChI=1S/C11H19N3O/c1-2-3-7-10-13-11(14-15-10)9-6-4-5-8-12-9/h9,12H,2-8H2,1H3. The van der Waals surface area contributed by atoms with Crippen molar-refractivity contribution in [1.82, 2.24) is 15.5 Å². The van der Waals surface area contributed by atoms with E-state index in [2.05, 4.69) is 22.4 Å². The first-order chi connectivity index (χ1) is 7.40. The van der Waals surface area contributed by atoms with Gasteiger partial charge in [0.25, 0.3) is 0 Å². The SMILES string of the molecule is CCCCc1nc(C2CCCCN2)no1. The summed E-state index contributed by atoms with van der Waals surface area (Å²) in [7, 11) is 0. The lowest BCUT2D eigenvalue weighted by Crippen LogP contribution is -2.27. The second kappa shape index (κ2) is 5.26. The highest BCUT2D eigenvalue weighted by atomic mass is 16.5. The van der Waals surface area contributed by atoms with Crippen LogP contribution in [0.4, 0.5) is 0 Å². The fourth-order valence-electron chi connectivity index (χ4n) is 1.91. The maximum Gasteiger partial charge on any atom is 0.226 e. The van der Waals surface area contributed by atoms with E-state index in [0.717, 1.165) is 37.5 Å². The lowest BCUT2D eigenvalue weighted by atomic mass is 10.0. The monoisotopic (exact) mass is 209 g/mol. The minimum atomic E-state index is 0.317. The van der Waals surface area contributed by atoms with Gasteiger partial charge in [-0.25, -0.2) is 0 Å². The highest BCUT2D eigenvalue weighted by Gasteiger charge is 2.19. The molecule has 1 atom stereocenters. The number of rotatable bonds is 4. The molecular formula is C11H19N3O. The third kappa shape index (κ3) is 2.78. The highest BCUT2D eigenvalue weighted by molar-refractivity contribution is 4.95. The minimum absolute atomic E-state index is 0.317. The van der Waals surface area contributed by atoms with Crippen LogP contribution in [-0.2, 0) is 6.42 Å². The van der Waals surface area contributed by atoms with Gasteiger partial charge < -0.3 is 9.84 Å². The van der Waals surface area contributed by atoms with Gasteiger partial charge in [-0.1, -0.05) is 24.9 Å². The third-order valence-corrected chi connectivity index (χ3v) is 2.85. The molecule has 1 N–H and O–H groups in total. The van der Waals surface area contributed by atoms with Crippen molar-refractivity contribution in [3.05, 3.63) is 11.7 Å². The summed E-state index contributed by atoms with van der Waals surface area (Å²) in [6.07, 6.45) is 6.86. The van der Waals surface area contributed by atoms with Crippen LogP contribution >= 0.6 is 0 Å². The van der Waals surface area contributed by atoms with E-state index in [-0.39, 0.29) is 0 Å². The van der Waals surface area contributed by atoms with E-state index < -0.39 is 0 Å². The van der Waals surface area contributed by atoms with Crippen molar-refractivity contribution in [1.29, 1.82) is 0 Å². The van der Waals surface area contributed by atoms with Gasteiger partial charge in [-0.2, -0.15) is 4.98 Å². The van der Waals surface area contributed by atoms with Crippen molar-refractivity contribution in [3.63, 3.8) is 0 Å². The zero-order valence-corrected chi connectivity index (χ0v) is 9.33. The number of unbranched alkanes of at least 4 members (excludes halogenated alkanes) is 1. The van der Waals surface area contributed by atoms with Crippen LogP contribution in [0.25, 0.3) is 0 Å². The largest absolute Gasteiger partial charge is 0.339 e. The van der Waals surface area contributed by atoms with Crippen molar-refractivity contribution >= 4 is 0 Å². The highest BCUT2D eigenvalue weighted by Crippen LogP contribution is 2.20. The van der Waals surface area contributed by atoms with Gasteiger partial charge in [0.1, 0.15) is 0 Å². The number of hydrogen-bond acceptors (Lipinski definition) is 4. The van der Waals surface area contributed by atoms with E-state index >= 15 is 0 Å². The molecule has 1 fully saturated rings. The number of aromatic nitrogens is 2.